The molecule has 144 valence electrons. The summed E-state index contributed by atoms with van der Waals surface area (Å²) in [7, 11) is 0. The molecule has 3 saturated carbocycles. The number of hydrogen-bond acceptors (Lipinski definition) is 3. The summed E-state index contributed by atoms with van der Waals surface area (Å²) >= 11 is 1.72. The molecular weight excluding hydrogens is 352 g/mol. The van der Waals surface area contributed by atoms with Gasteiger partial charge in [0.05, 0.1) is 6.10 Å². The Morgan fingerprint density at radius 1 is 1.15 bits per heavy atom. The third-order valence-electron chi connectivity index (χ3n) is 8.58. The molecule has 0 radical (unpaired) electrons. The number of aliphatic hydroxyl groups is 1. The lowest BCUT2D eigenvalue weighted by Gasteiger charge is -2.56. The third kappa shape index (κ3) is 2.57. The normalized spacial score (nSPS) is 45.2. The van der Waals surface area contributed by atoms with Crippen LogP contribution in [0.5, 0.6) is 0 Å². The first-order valence-corrected chi connectivity index (χ1v) is 11.5. The SMILES string of the molecule is C[C@@]12CC[C@@H]3[C@H](CC=C4C[C@@H](O)CC[C@@]43C)[C@H]1C/C(=C/c1cccs1)C2=O. The molecule has 6 atom stereocenters. The largest absolute Gasteiger partial charge is 0.393 e. The molecule has 1 aromatic heterocycles. The average molecular weight is 383 g/mol. The first-order valence-electron chi connectivity index (χ1n) is 10.6. The summed E-state index contributed by atoms with van der Waals surface area (Å²) in [5.74, 6) is 2.19. The van der Waals surface area contributed by atoms with Gasteiger partial charge in [-0.1, -0.05) is 31.6 Å². The predicted molar refractivity (Wildman–Crippen MR) is 110 cm³/mol. The molecule has 0 amide bonds. The number of thiophene rings is 1. The smallest absolute Gasteiger partial charge is 0.165 e. The molecule has 27 heavy (non-hydrogen) atoms. The fourth-order valence-corrected chi connectivity index (χ4v) is 7.67. The van der Waals surface area contributed by atoms with Crippen LogP contribution in [0.3, 0.4) is 0 Å². The summed E-state index contributed by atoms with van der Waals surface area (Å²) in [5, 5.41) is 12.2. The van der Waals surface area contributed by atoms with Crippen LogP contribution < -0.4 is 0 Å². The number of carbonyl (C=O) groups excluding carboxylic acids is 1. The van der Waals surface area contributed by atoms with Crippen LogP contribution in [0.25, 0.3) is 6.08 Å². The van der Waals surface area contributed by atoms with Gasteiger partial charge >= 0.3 is 0 Å². The first kappa shape index (κ1) is 17.9. The first-order chi connectivity index (χ1) is 12.9. The Kier molecular flexibility index (Phi) is 4.07. The molecule has 0 aromatic carbocycles. The number of Topliss-reactive ketones (excluding diaryl/α,β-unsaturated/α-hetero) is 1. The number of rotatable bonds is 1. The number of allylic oxidation sites excluding steroid dienone is 2. The summed E-state index contributed by atoms with van der Waals surface area (Å²) in [6.07, 6.45) is 11.6. The van der Waals surface area contributed by atoms with E-state index in [1.54, 1.807) is 11.3 Å². The summed E-state index contributed by atoms with van der Waals surface area (Å²) in [4.78, 5) is 14.6. The maximum absolute atomic E-state index is 13.4. The van der Waals surface area contributed by atoms with Crippen molar-refractivity contribution < 1.29 is 9.90 Å². The van der Waals surface area contributed by atoms with Crippen LogP contribution in [0.15, 0.2) is 34.7 Å². The third-order valence-corrected chi connectivity index (χ3v) is 9.40. The molecule has 3 fully saturated rings. The standard InChI is InChI=1S/C24H30O2S/c1-23-9-7-17(25)14-16(23)5-6-19-20(23)8-10-24(2)21(19)13-15(22(24)26)12-18-4-3-11-27-18/h3-5,11-12,17,19-21,25H,6-10,13-14H2,1-2H3/b15-12-/t17-,19-,20+,21+,23-,24+/m0/s1. The van der Waals surface area contributed by atoms with Crippen molar-refractivity contribution in [1.29, 1.82) is 0 Å². The second kappa shape index (κ2) is 6.15. The van der Waals surface area contributed by atoms with Gasteiger partial charge in [0, 0.05) is 10.3 Å². The summed E-state index contributed by atoms with van der Waals surface area (Å²) in [6.45, 7) is 4.70. The Balaban J connectivity index is 1.49. The van der Waals surface area contributed by atoms with E-state index < -0.39 is 0 Å². The maximum Gasteiger partial charge on any atom is 0.165 e. The van der Waals surface area contributed by atoms with E-state index >= 15 is 0 Å². The minimum Gasteiger partial charge on any atom is -0.393 e. The van der Waals surface area contributed by atoms with Gasteiger partial charge in [-0.25, -0.2) is 0 Å². The lowest BCUT2D eigenvalue weighted by atomic mass is 9.48. The maximum atomic E-state index is 13.4. The zero-order valence-electron chi connectivity index (χ0n) is 16.4. The lowest BCUT2D eigenvalue weighted by molar-refractivity contribution is -0.130. The quantitative estimate of drug-likeness (QED) is 0.504. The second-order valence-electron chi connectivity index (χ2n) is 9.83. The van der Waals surface area contributed by atoms with Crippen LogP contribution in [-0.2, 0) is 4.79 Å². The molecular formula is C24H30O2S. The fourth-order valence-electron chi connectivity index (χ4n) is 6.99. The monoisotopic (exact) mass is 382 g/mol. The van der Waals surface area contributed by atoms with Gasteiger partial charge in [-0.2, -0.15) is 0 Å². The highest BCUT2D eigenvalue weighted by Gasteiger charge is 2.59. The van der Waals surface area contributed by atoms with Crippen molar-refractivity contribution in [3.63, 3.8) is 0 Å². The van der Waals surface area contributed by atoms with Crippen LogP contribution in [0.1, 0.15) is 63.7 Å². The van der Waals surface area contributed by atoms with Gasteiger partial charge in [-0.05, 0) is 91.2 Å². The Labute approximate surface area is 166 Å². The summed E-state index contributed by atoms with van der Waals surface area (Å²) in [5.41, 5.74) is 2.64. The number of carbonyl (C=O) groups is 1. The molecule has 0 bridgehead atoms. The minimum absolute atomic E-state index is 0.150. The molecule has 0 aliphatic heterocycles. The summed E-state index contributed by atoms with van der Waals surface area (Å²) < 4.78 is 0. The van der Waals surface area contributed by atoms with E-state index in [4.69, 9.17) is 0 Å². The predicted octanol–water partition coefficient (Wildman–Crippen LogP) is 5.63. The van der Waals surface area contributed by atoms with E-state index in [1.807, 2.05) is 0 Å². The van der Waals surface area contributed by atoms with E-state index in [-0.39, 0.29) is 16.9 Å². The number of ketones is 1. The van der Waals surface area contributed by atoms with E-state index in [9.17, 15) is 9.90 Å². The van der Waals surface area contributed by atoms with Crippen molar-refractivity contribution in [2.24, 2.45) is 28.6 Å². The molecule has 0 unspecified atom stereocenters. The minimum atomic E-state index is -0.167. The number of hydrogen-bond donors (Lipinski definition) is 1. The molecule has 1 N–H and O–H groups in total. The van der Waals surface area contributed by atoms with Crippen molar-refractivity contribution >= 4 is 23.2 Å². The van der Waals surface area contributed by atoms with Gasteiger partial charge in [0.1, 0.15) is 0 Å². The van der Waals surface area contributed by atoms with Gasteiger partial charge in [0.2, 0.25) is 0 Å². The second-order valence-corrected chi connectivity index (χ2v) is 10.8. The Bertz CT molecular complexity index is 819. The van der Waals surface area contributed by atoms with E-state index in [1.165, 1.54) is 16.9 Å². The fraction of sp³-hybridized carbons (Fsp3) is 0.625. The summed E-state index contributed by atoms with van der Waals surface area (Å²) in [6, 6.07) is 4.18. The van der Waals surface area contributed by atoms with E-state index in [0.717, 1.165) is 44.1 Å². The molecule has 4 aliphatic rings. The zero-order chi connectivity index (χ0) is 18.8. The van der Waals surface area contributed by atoms with Gasteiger partial charge in [0.15, 0.2) is 5.78 Å². The van der Waals surface area contributed by atoms with Crippen LogP contribution in [0.2, 0.25) is 0 Å². The van der Waals surface area contributed by atoms with Crippen molar-refractivity contribution in [3.8, 4) is 0 Å². The molecule has 1 aromatic rings. The topological polar surface area (TPSA) is 37.3 Å². The molecule has 0 spiro atoms. The molecule has 4 aliphatic carbocycles. The zero-order valence-corrected chi connectivity index (χ0v) is 17.2. The highest BCUT2D eigenvalue weighted by molar-refractivity contribution is 7.10. The van der Waals surface area contributed by atoms with Gasteiger partial charge in [0.25, 0.3) is 0 Å². The van der Waals surface area contributed by atoms with E-state index in [2.05, 4.69) is 43.5 Å². The Morgan fingerprint density at radius 2 is 1.96 bits per heavy atom. The van der Waals surface area contributed by atoms with Crippen molar-refractivity contribution in [1.82, 2.24) is 0 Å². The van der Waals surface area contributed by atoms with Gasteiger partial charge in [-0.3, -0.25) is 4.79 Å². The van der Waals surface area contributed by atoms with Crippen LogP contribution in [-0.4, -0.2) is 17.0 Å². The van der Waals surface area contributed by atoms with Crippen LogP contribution >= 0.6 is 11.3 Å². The van der Waals surface area contributed by atoms with Crippen molar-refractivity contribution in [2.75, 3.05) is 0 Å². The lowest BCUT2D eigenvalue weighted by Crippen LogP contribution is -2.50. The van der Waals surface area contributed by atoms with Gasteiger partial charge < -0.3 is 5.11 Å². The van der Waals surface area contributed by atoms with Crippen molar-refractivity contribution in [2.45, 2.75) is 64.9 Å². The molecule has 1 heterocycles. The molecule has 2 nitrogen and oxygen atoms in total. The number of aliphatic hydroxyl groups excluding tert-OH is 1. The van der Waals surface area contributed by atoms with Crippen LogP contribution in [0, 0.1) is 28.6 Å². The Hall–Kier alpha value is -1.19. The van der Waals surface area contributed by atoms with E-state index in [0.29, 0.717) is 23.5 Å². The highest BCUT2D eigenvalue weighted by atomic mass is 32.1. The van der Waals surface area contributed by atoms with Gasteiger partial charge in [-0.15, -0.1) is 11.3 Å². The molecule has 3 heteroatoms. The highest BCUT2D eigenvalue weighted by Crippen LogP contribution is 2.64. The van der Waals surface area contributed by atoms with Crippen molar-refractivity contribution in [3.05, 3.63) is 39.6 Å². The number of fused-ring (bicyclic) bond motifs is 5. The van der Waals surface area contributed by atoms with Crippen LogP contribution in [0.4, 0.5) is 0 Å². The average Bonchev–Trinajstić information content (AvgIpc) is 3.24. The molecule has 5 rings (SSSR count). The molecule has 0 saturated heterocycles. The Morgan fingerprint density at radius 3 is 2.74 bits per heavy atom.